The number of alkyl halides is 2. The first-order chi connectivity index (χ1) is 13.5. The molecule has 3 aromatic rings. The van der Waals surface area contributed by atoms with E-state index in [1.165, 1.54) is 24.3 Å². The summed E-state index contributed by atoms with van der Waals surface area (Å²) >= 11 is 0. The van der Waals surface area contributed by atoms with Crippen molar-refractivity contribution >= 4 is 11.6 Å². The summed E-state index contributed by atoms with van der Waals surface area (Å²) in [7, 11) is 0. The maximum Gasteiger partial charge on any atom is 0.288 e. The number of aromatic amines is 1. The van der Waals surface area contributed by atoms with Crippen LogP contribution >= 0.6 is 0 Å². The second kappa shape index (κ2) is 7.03. The van der Waals surface area contributed by atoms with E-state index < -0.39 is 12.0 Å². The van der Waals surface area contributed by atoms with Crippen molar-refractivity contribution in [1.29, 1.82) is 0 Å². The highest BCUT2D eigenvalue weighted by atomic mass is 19.3. The van der Waals surface area contributed by atoms with Gasteiger partial charge in [-0.15, -0.1) is 0 Å². The van der Waals surface area contributed by atoms with Crippen LogP contribution in [0.3, 0.4) is 0 Å². The normalized spacial score (nSPS) is 17.2. The molecule has 0 radical (unpaired) electrons. The Morgan fingerprint density at radius 2 is 1.96 bits per heavy atom. The van der Waals surface area contributed by atoms with E-state index in [0.717, 1.165) is 12.2 Å². The van der Waals surface area contributed by atoms with Gasteiger partial charge in [0.2, 0.25) is 0 Å². The van der Waals surface area contributed by atoms with Gasteiger partial charge in [-0.05, 0) is 36.4 Å². The summed E-state index contributed by atoms with van der Waals surface area (Å²) in [6.45, 7) is 1.97. The van der Waals surface area contributed by atoms with E-state index in [-0.39, 0.29) is 12.3 Å². The summed E-state index contributed by atoms with van der Waals surface area (Å²) < 4.78 is 31.0. The van der Waals surface area contributed by atoms with Gasteiger partial charge in [0, 0.05) is 17.5 Å². The molecule has 1 atom stereocenters. The standard InChI is InChI=1S/C20H18F2N4O2/c1-2-17-24-18(26-25-17)14-5-3-4-6-15(14)23-19(27)12-7-9-13(10-8-12)28-16-11-20(16,21)22/h3-10,16H,2,11H2,1H3,(H,23,27)(H,24,25,26). The molecule has 0 bridgehead atoms. The number of para-hydroxylation sites is 1. The smallest absolute Gasteiger partial charge is 0.288 e. The number of rotatable bonds is 6. The van der Waals surface area contributed by atoms with Crippen molar-refractivity contribution in [3.05, 3.63) is 59.9 Å². The van der Waals surface area contributed by atoms with Crippen molar-refractivity contribution in [2.75, 3.05) is 5.32 Å². The molecule has 1 aliphatic carbocycles. The first kappa shape index (κ1) is 18.1. The van der Waals surface area contributed by atoms with E-state index >= 15 is 0 Å². The van der Waals surface area contributed by atoms with Crippen molar-refractivity contribution < 1.29 is 18.3 Å². The lowest BCUT2D eigenvalue weighted by Gasteiger charge is -2.10. The van der Waals surface area contributed by atoms with Crippen LogP contribution in [0.4, 0.5) is 14.5 Å². The number of amides is 1. The molecule has 28 heavy (non-hydrogen) atoms. The summed E-state index contributed by atoms with van der Waals surface area (Å²) in [6, 6.07) is 13.3. The number of benzene rings is 2. The van der Waals surface area contributed by atoms with Crippen molar-refractivity contribution in [1.82, 2.24) is 15.2 Å². The number of nitrogens with zero attached hydrogens (tertiary/aromatic N) is 2. The first-order valence-corrected chi connectivity index (χ1v) is 8.93. The van der Waals surface area contributed by atoms with Gasteiger partial charge in [0.05, 0.1) is 12.1 Å². The van der Waals surface area contributed by atoms with Crippen molar-refractivity contribution in [3.63, 3.8) is 0 Å². The van der Waals surface area contributed by atoms with Gasteiger partial charge in [-0.3, -0.25) is 9.89 Å². The lowest BCUT2D eigenvalue weighted by Crippen LogP contribution is -2.13. The first-order valence-electron chi connectivity index (χ1n) is 8.93. The Morgan fingerprint density at radius 3 is 2.61 bits per heavy atom. The number of aryl methyl sites for hydroxylation is 1. The molecular formula is C20H18F2N4O2. The van der Waals surface area contributed by atoms with E-state index in [9.17, 15) is 13.6 Å². The molecule has 1 aliphatic rings. The number of carbonyl (C=O) groups is 1. The van der Waals surface area contributed by atoms with Gasteiger partial charge in [-0.2, -0.15) is 5.10 Å². The van der Waals surface area contributed by atoms with Crippen molar-refractivity contribution in [2.24, 2.45) is 0 Å². The van der Waals surface area contributed by atoms with Crippen LogP contribution in [0.1, 0.15) is 29.5 Å². The minimum Gasteiger partial charge on any atom is -0.484 e. The number of halogens is 2. The van der Waals surface area contributed by atoms with Crippen LogP contribution in [0.2, 0.25) is 0 Å². The minimum absolute atomic E-state index is 0.271. The van der Waals surface area contributed by atoms with Crippen LogP contribution in [-0.4, -0.2) is 33.1 Å². The fourth-order valence-electron chi connectivity index (χ4n) is 2.72. The Morgan fingerprint density at radius 1 is 1.25 bits per heavy atom. The number of aromatic nitrogens is 3. The summed E-state index contributed by atoms with van der Waals surface area (Å²) in [4.78, 5) is 17.0. The van der Waals surface area contributed by atoms with Crippen LogP contribution in [0.15, 0.2) is 48.5 Å². The lowest BCUT2D eigenvalue weighted by molar-refractivity contribution is 0.0665. The highest BCUT2D eigenvalue weighted by Crippen LogP contribution is 2.44. The zero-order valence-electron chi connectivity index (χ0n) is 15.1. The molecule has 1 fully saturated rings. The van der Waals surface area contributed by atoms with Crippen molar-refractivity contribution in [3.8, 4) is 17.1 Å². The molecule has 2 aromatic carbocycles. The summed E-state index contributed by atoms with van der Waals surface area (Å²) in [6.07, 6.45) is -0.621. The third kappa shape index (κ3) is 3.71. The number of H-pyrrole nitrogens is 1. The predicted molar refractivity (Wildman–Crippen MR) is 99.6 cm³/mol. The van der Waals surface area contributed by atoms with Gasteiger partial charge in [0.15, 0.2) is 11.9 Å². The number of nitrogens with one attached hydrogen (secondary N) is 2. The highest BCUT2D eigenvalue weighted by Gasteiger charge is 2.59. The van der Waals surface area contributed by atoms with E-state index in [1.807, 2.05) is 19.1 Å². The molecule has 0 saturated heterocycles. The van der Waals surface area contributed by atoms with Crippen molar-refractivity contribution in [2.45, 2.75) is 31.8 Å². The molecule has 1 aromatic heterocycles. The molecule has 2 N–H and O–H groups in total. The fraction of sp³-hybridized carbons (Fsp3) is 0.250. The summed E-state index contributed by atoms with van der Waals surface area (Å²) in [5.74, 6) is -1.51. The summed E-state index contributed by atoms with van der Waals surface area (Å²) in [5, 5.41) is 9.89. The van der Waals surface area contributed by atoms with E-state index in [4.69, 9.17) is 4.74 Å². The number of anilines is 1. The Bertz CT molecular complexity index is 1000. The highest BCUT2D eigenvalue weighted by molar-refractivity contribution is 6.06. The van der Waals surface area contributed by atoms with Crippen LogP contribution in [-0.2, 0) is 6.42 Å². The molecule has 8 heteroatoms. The third-order valence-corrected chi connectivity index (χ3v) is 4.45. The van der Waals surface area contributed by atoms with Gasteiger partial charge in [-0.1, -0.05) is 19.1 Å². The van der Waals surface area contributed by atoms with Gasteiger partial charge in [0.25, 0.3) is 11.8 Å². The van der Waals surface area contributed by atoms with Gasteiger partial charge >= 0.3 is 0 Å². The molecule has 0 aliphatic heterocycles. The molecule has 1 unspecified atom stereocenters. The minimum atomic E-state index is -2.75. The van der Waals surface area contributed by atoms with Crippen LogP contribution in [0, 0.1) is 0 Å². The average molecular weight is 384 g/mol. The third-order valence-electron chi connectivity index (χ3n) is 4.45. The Hall–Kier alpha value is -3.29. The van der Waals surface area contributed by atoms with Gasteiger partial charge in [-0.25, -0.2) is 13.8 Å². The molecule has 4 rings (SSSR count). The molecule has 1 heterocycles. The monoisotopic (exact) mass is 384 g/mol. The Kier molecular flexibility index (Phi) is 4.54. The van der Waals surface area contributed by atoms with E-state index in [2.05, 4.69) is 20.5 Å². The predicted octanol–water partition coefficient (Wildman–Crippen LogP) is 4.07. The second-order valence-electron chi connectivity index (χ2n) is 6.55. The van der Waals surface area contributed by atoms with Crippen LogP contribution in [0.25, 0.3) is 11.4 Å². The van der Waals surface area contributed by atoms with E-state index in [1.54, 1.807) is 12.1 Å². The molecule has 1 amide bonds. The largest absolute Gasteiger partial charge is 0.484 e. The molecular weight excluding hydrogens is 366 g/mol. The van der Waals surface area contributed by atoms with E-state index in [0.29, 0.717) is 28.4 Å². The quantitative estimate of drug-likeness (QED) is 0.671. The molecule has 6 nitrogen and oxygen atoms in total. The zero-order valence-corrected chi connectivity index (χ0v) is 15.1. The van der Waals surface area contributed by atoms with Crippen LogP contribution in [0.5, 0.6) is 5.75 Å². The summed E-state index contributed by atoms with van der Waals surface area (Å²) in [5.41, 5.74) is 1.66. The SMILES string of the molecule is CCc1nc(-c2ccccc2NC(=O)c2ccc(OC3CC3(F)F)cc2)n[nH]1. The topological polar surface area (TPSA) is 79.9 Å². The second-order valence-corrected chi connectivity index (χ2v) is 6.55. The number of hydrogen-bond acceptors (Lipinski definition) is 4. The number of ether oxygens (including phenoxy) is 1. The Balaban J connectivity index is 1.48. The molecule has 144 valence electrons. The molecule has 1 saturated carbocycles. The molecule has 0 spiro atoms. The number of carbonyl (C=O) groups excluding carboxylic acids is 1. The maximum atomic E-state index is 12.9. The zero-order chi connectivity index (χ0) is 19.7. The van der Waals surface area contributed by atoms with Gasteiger partial charge < -0.3 is 10.1 Å². The Labute approximate surface area is 160 Å². The lowest BCUT2D eigenvalue weighted by atomic mass is 10.1. The number of hydrogen-bond donors (Lipinski definition) is 2. The fourth-order valence-corrected chi connectivity index (χ4v) is 2.72. The van der Waals surface area contributed by atoms with Gasteiger partial charge in [0.1, 0.15) is 11.6 Å². The average Bonchev–Trinajstić information content (AvgIpc) is 3.08. The van der Waals surface area contributed by atoms with Crippen LogP contribution < -0.4 is 10.1 Å². The maximum absolute atomic E-state index is 12.9.